The van der Waals surface area contributed by atoms with Crippen molar-refractivity contribution in [2.45, 2.75) is 187 Å². The Labute approximate surface area is 417 Å². The van der Waals surface area contributed by atoms with Crippen molar-refractivity contribution in [3.63, 3.8) is 0 Å². The summed E-state index contributed by atoms with van der Waals surface area (Å²) >= 11 is 0. The lowest BCUT2D eigenvalue weighted by atomic mass is 9.76. The maximum atomic E-state index is 15.0. The highest BCUT2D eigenvalue weighted by atomic mass is 16.7. The fraction of sp³-hybridized carbons (Fsp3) is 0.780. The predicted octanol–water partition coefficient (Wildman–Crippen LogP) is 5.24. The highest BCUT2D eigenvalue weighted by molar-refractivity contribution is 5.96. The largest absolute Gasteiger partial charge is 0.457 e. The standard InChI is InChI=1S/C50H78N4O17/c1-16-37-48(10,71-47(60)54-18-17-51-27-54)24-28(2)39(57)29(3)25-49(11,61-14)42(70-45-41(66-34(8)55)36(23-30(4)64-45)52(13)46(59)53-19-21-63-22-20-53)31(5)40(32(6)44(58)68-37)69-38-26-50(12,62-15)43(33(7)65-38)67-35(9)56/h17-18,24,27,29-33,36-38,40-43,45H,16,19-23,25-26H2,1-15H3/t29-,30-,31+,32-,33+,36+,37-,38+,40+,41-,42-,43+,45+,48+,49-,50-/m1/s1. The molecule has 1 aromatic heterocycles. The number of carbonyl (C=O) groups excluding carboxylic acids is 6. The predicted molar refractivity (Wildman–Crippen MR) is 252 cm³/mol. The van der Waals surface area contributed by atoms with Crippen molar-refractivity contribution < 1.29 is 80.9 Å². The van der Waals surface area contributed by atoms with Crippen LogP contribution in [0.1, 0.15) is 109 Å². The van der Waals surface area contributed by atoms with Gasteiger partial charge in [0.1, 0.15) is 18.0 Å². The summed E-state index contributed by atoms with van der Waals surface area (Å²) in [5, 5.41) is 0. The second kappa shape index (κ2) is 24.0. The first-order valence-corrected chi connectivity index (χ1v) is 24.6. The van der Waals surface area contributed by atoms with Crippen molar-refractivity contribution in [1.82, 2.24) is 19.4 Å². The quantitative estimate of drug-likeness (QED) is 0.204. The van der Waals surface area contributed by atoms with Crippen molar-refractivity contribution in [3.05, 3.63) is 30.4 Å². The molecule has 21 heteroatoms. The zero-order chi connectivity index (χ0) is 52.7. The van der Waals surface area contributed by atoms with Gasteiger partial charge in [0.2, 0.25) is 0 Å². The average molecular weight is 1010 g/mol. The third-order valence-electron chi connectivity index (χ3n) is 14.6. The van der Waals surface area contributed by atoms with Gasteiger partial charge in [0.05, 0.1) is 55.2 Å². The van der Waals surface area contributed by atoms with Crippen LogP contribution in [0.5, 0.6) is 0 Å². The second-order valence-corrected chi connectivity index (χ2v) is 20.2. The molecule has 0 radical (unpaired) electrons. The molecule has 3 saturated heterocycles. The minimum absolute atomic E-state index is 0.0267. The molecule has 400 valence electrons. The summed E-state index contributed by atoms with van der Waals surface area (Å²) in [7, 11) is 4.62. The SMILES string of the molecule is CC[C@H]1OC(=O)[C@H](C)[C@@H](O[C@H]2C[C@@](C)(OC)[C@@H](OC(C)=O)[C@H](C)O2)[C@H](C)[C@@H](O[C@@H]2O[C@H](C)C[C@H](N(C)C(=O)N3CCOCC3)[C@H]2OC(C)=O)[C@](C)(OC)C[C@@H](C)C(=O)C(C)=C[C@]1(C)OC(=O)n1ccnc1. The Bertz CT molecular complexity index is 2050. The Kier molecular flexibility index (Phi) is 19.4. The average Bonchev–Trinajstić information content (AvgIpc) is 3.88. The number of ether oxygens (including phenoxy) is 11. The van der Waals surface area contributed by atoms with Gasteiger partial charge >= 0.3 is 30.0 Å². The van der Waals surface area contributed by atoms with E-state index in [1.807, 2.05) is 6.92 Å². The number of carbonyl (C=O) groups is 6. The zero-order valence-corrected chi connectivity index (χ0v) is 44.2. The van der Waals surface area contributed by atoms with E-state index < -0.39 is 120 Å². The van der Waals surface area contributed by atoms with Crippen molar-refractivity contribution in [3.8, 4) is 0 Å². The second-order valence-electron chi connectivity index (χ2n) is 20.2. The molecule has 0 bridgehead atoms. The van der Waals surface area contributed by atoms with Crippen molar-refractivity contribution in [2.75, 3.05) is 47.6 Å². The maximum absolute atomic E-state index is 15.0. The molecule has 2 amide bonds. The van der Waals surface area contributed by atoms with E-state index in [2.05, 4.69) is 4.98 Å². The minimum atomic E-state index is -1.67. The van der Waals surface area contributed by atoms with Gasteiger partial charge in [0, 0.05) is 78.9 Å². The smallest absolute Gasteiger partial charge is 0.420 e. The summed E-state index contributed by atoms with van der Waals surface area (Å²) in [6, 6.07) is -1.01. The number of imidazole rings is 1. The summed E-state index contributed by atoms with van der Waals surface area (Å²) in [6.45, 7) is 21.3. The van der Waals surface area contributed by atoms with Gasteiger partial charge in [0.15, 0.2) is 36.2 Å². The van der Waals surface area contributed by atoms with Gasteiger partial charge in [-0.15, -0.1) is 0 Å². The summed E-state index contributed by atoms with van der Waals surface area (Å²) in [4.78, 5) is 89.7. The van der Waals surface area contributed by atoms with E-state index in [9.17, 15) is 28.8 Å². The number of urea groups is 1. The fourth-order valence-corrected chi connectivity index (χ4v) is 10.6. The van der Waals surface area contributed by atoms with E-state index in [1.165, 1.54) is 52.9 Å². The summed E-state index contributed by atoms with van der Waals surface area (Å²) < 4.78 is 70.4. The Balaban J connectivity index is 1.66. The van der Waals surface area contributed by atoms with E-state index in [0.29, 0.717) is 26.3 Å². The number of esters is 3. The lowest BCUT2D eigenvalue weighted by Crippen LogP contribution is -2.63. The van der Waals surface area contributed by atoms with Gasteiger partial charge in [-0.3, -0.25) is 19.2 Å². The highest BCUT2D eigenvalue weighted by Crippen LogP contribution is 2.42. The number of rotatable bonds is 11. The van der Waals surface area contributed by atoms with Gasteiger partial charge in [-0.05, 0) is 79.4 Å². The van der Waals surface area contributed by atoms with Crippen molar-refractivity contribution in [1.29, 1.82) is 0 Å². The third kappa shape index (κ3) is 13.4. The first-order chi connectivity index (χ1) is 33.3. The molecular formula is C50H78N4O17. The van der Waals surface area contributed by atoms with Crippen molar-refractivity contribution >= 4 is 35.8 Å². The Morgan fingerprint density at radius 2 is 1.51 bits per heavy atom. The number of aromatic nitrogens is 2. The molecule has 0 spiro atoms. The summed E-state index contributed by atoms with van der Waals surface area (Å²) in [5.41, 5.74) is -3.97. The number of allylic oxidation sites excluding steroid dienone is 1. The monoisotopic (exact) mass is 1010 g/mol. The molecule has 1 aromatic rings. The molecule has 5 heterocycles. The van der Waals surface area contributed by atoms with Crippen LogP contribution < -0.4 is 0 Å². The minimum Gasteiger partial charge on any atom is -0.457 e. The van der Waals surface area contributed by atoms with Gasteiger partial charge in [0.25, 0.3) is 0 Å². The zero-order valence-electron chi connectivity index (χ0n) is 44.2. The number of methoxy groups -OCH3 is 2. The van der Waals surface area contributed by atoms with Crippen LogP contribution in [-0.4, -0.2) is 181 Å². The summed E-state index contributed by atoms with van der Waals surface area (Å²) in [5.74, 6) is -5.03. The molecular weight excluding hydrogens is 929 g/mol. The molecule has 3 fully saturated rings. The Morgan fingerprint density at radius 1 is 0.873 bits per heavy atom. The van der Waals surface area contributed by atoms with Gasteiger partial charge in [-0.2, -0.15) is 0 Å². The number of Topliss-reactive ketones (excluding diaryl/α,β-unsaturated/α-hetero) is 1. The topological polar surface area (TPSA) is 228 Å². The van der Waals surface area contributed by atoms with Crippen molar-refractivity contribution in [2.24, 2.45) is 17.8 Å². The van der Waals surface area contributed by atoms with E-state index >= 15 is 0 Å². The van der Waals surface area contributed by atoms with Crippen LogP contribution in [0.4, 0.5) is 9.59 Å². The van der Waals surface area contributed by atoms with E-state index in [1.54, 1.807) is 79.2 Å². The van der Waals surface area contributed by atoms with Crippen LogP contribution in [0.15, 0.2) is 30.4 Å². The van der Waals surface area contributed by atoms with Crippen LogP contribution in [0.2, 0.25) is 0 Å². The molecule has 4 aliphatic heterocycles. The number of amides is 2. The van der Waals surface area contributed by atoms with Gasteiger partial charge in [-0.1, -0.05) is 20.8 Å². The van der Waals surface area contributed by atoms with E-state index in [0.717, 1.165) is 4.57 Å². The molecule has 0 aromatic carbocycles. The molecule has 0 aliphatic carbocycles. The van der Waals surface area contributed by atoms with E-state index in [4.69, 9.17) is 52.1 Å². The first kappa shape index (κ1) is 57.4. The lowest BCUT2D eigenvalue weighted by molar-refractivity contribution is -0.320. The summed E-state index contributed by atoms with van der Waals surface area (Å²) in [6.07, 6.45) is -3.79. The van der Waals surface area contributed by atoms with E-state index in [-0.39, 0.29) is 43.1 Å². The number of morpholine rings is 1. The molecule has 4 aliphatic rings. The van der Waals surface area contributed by atoms with Crippen LogP contribution in [0.3, 0.4) is 0 Å². The fourth-order valence-electron chi connectivity index (χ4n) is 10.6. The number of hydrogen-bond donors (Lipinski definition) is 0. The van der Waals surface area contributed by atoms with Gasteiger partial charge < -0.3 is 61.9 Å². The number of likely N-dealkylation sites (N-methyl/N-ethyl adjacent to an activating group) is 1. The molecule has 71 heavy (non-hydrogen) atoms. The number of hydrogen-bond acceptors (Lipinski definition) is 18. The lowest BCUT2D eigenvalue weighted by Gasteiger charge is -2.50. The highest BCUT2D eigenvalue weighted by Gasteiger charge is 2.55. The van der Waals surface area contributed by atoms with Gasteiger partial charge in [-0.25, -0.2) is 19.1 Å². The number of cyclic esters (lactones) is 1. The third-order valence-corrected chi connectivity index (χ3v) is 14.6. The molecule has 5 rings (SSSR count). The normalized spacial score (nSPS) is 37.7. The molecule has 0 unspecified atom stereocenters. The number of ketones is 1. The first-order valence-electron chi connectivity index (χ1n) is 24.6. The van der Waals surface area contributed by atoms with Crippen LogP contribution in [-0.2, 0) is 71.3 Å². The van der Waals surface area contributed by atoms with Crippen LogP contribution in [0.25, 0.3) is 0 Å². The maximum Gasteiger partial charge on any atom is 0.420 e. The molecule has 0 saturated carbocycles. The Morgan fingerprint density at radius 3 is 2.08 bits per heavy atom. The van der Waals surface area contributed by atoms with Crippen LogP contribution in [0, 0.1) is 17.8 Å². The Hall–Kier alpha value is -4.51. The molecule has 16 atom stereocenters. The molecule has 0 N–H and O–H groups in total. The molecule has 21 nitrogen and oxygen atoms in total. The van der Waals surface area contributed by atoms with Crippen LogP contribution >= 0.6 is 0 Å². The number of nitrogens with zero attached hydrogens (tertiary/aromatic N) is 4.